The van der Waals surface area contributed by atoms with Gasteiger partial charge in [0.2, 0.25) is 0 Å². The number of benzene rings is 1. The number of rotatable bonds is 3. The summed E-state index contributed by atoms with van der Waals surface area (Å²) in [5.41, 5.74) is 4.17. The average Bonchev–Trinajstić information content (AvgIpc) is 3.11. The lowest BCUT2D eigenvalue weighted by molar-refractivity contribution is 0.559. The highest BCUT2D eigenvalue weighted by Gasteiger charge is 2.15. The van der Waals surface area contributed by atoms with Crippen molar-refractivity contribution in [3.8, 4) is 0 Å². The van der Waals surface area contributed by atoms with Crippen LogP contribution in [0.2, 0.25) is 0 Å². The Hall–Kier alpha value is -2.01. The fraction of sp³-hybridized carbons (Fsp3) is 0.294. The number of fused-ring (bicyclic) bond motifs is 2. The number of aromatic nitrogens is 2. The zero-order valence-electron chi connectivity index (χ0n) is 12.3. The van der Waals surface area contributed by atoms with Crippen LogP contribution in [0, 0.1) is 0 Å². The molecule has 0 saturated carbocycles. The summed E-state index contributed by atoms with van der Waals surface area (Å²) in [7, 11) is 1.97. The summed E-state index contributed by atoms with van der Waals surface area (Å²) in [5, 5.41) is 2.00. The molecule has 4 nitrogen and oxygen atoms in total. The second kappa shape index (κ2) is 5.32. The van der Waals surface area contributed by atoms with E-state index in [0.29, 0.717) is 11.3 Å². The third-order valence-electron chi connectivity index (χ3n) is 4.18. The first-order valence-electron chi connectivity index (χ1n) is 7.39. The van der Waals surface area contributed by atoms with Gasteiger partial charge in [0, 0.05) is 36.6 Å². The maximum Gasteiger partial charge on any atom is 0.336 e. The van der Waals surface area contributed by atoms with Gasteiger partial charge in [0.1, 0.15) is 5.58 Å². The first-order chi connectivity index (χ1) is 10.7. The van der Waals surface area contributed by atoms with Crippen molar-refractivity contribution in [1.82, 2.24) is 9.55 Å². The molecule has 0 radical (unpaired) electrons. The van der Waals surface area contributed by atoms with Crippen LogP contribution in [-0.4, -0.2) is 9.55 Å². The van der Waals surface area contributed by atoms with Crippen molar-refractivity contribution >= 4 is 22.7 Å². The van der Waals surface area contributed by atoms with E-state index in [1.54, 1.807) is 24.0 Å². The molecule has 1 aromatic carbocycles. The van der Waals surface area contributed by atoms with Crippen LogP contribution in [0.1, 0.15) is 23.1 Å². The van der Waals surface area contributed by atoms with Crippen LogP contribution in [0.3, 0.4) is 0 Å². The molecule has 5 heteroatoms. The highest BCUT2D eigenvalue weighted by Crippen LogP contribution is 2.30. The second-order valence-electron chi connectivity index (χ2n) is 5.67. The predicted octanol–water partition coefficient (Wildman–Crippen LogP) is 3.31. The number of nitrogens with zero attached hydrogens (tertiary/aromatic N) is 2. The van der Waals surface area contributed by atoms with Crippen LogP contribution in [0.4, 0.5) is 0 Å². The van der Waals surface area contributed by atoms with Crippen LogP contribution in [0.25, 0.3) is 11.0 Å². The molecule has 1 aliphatic rings. The van der Waals surface area contributed by atoms with E-state index in [1.807, 2.05) is 23.9 Å². The molecule has 0 fully saturated rings. The first-order valence-corrected chi connectivity index (χ1v) is 8.38. The minimum absolute atomic E-state index is 0.277. The Morgan fingerprint density at radius 2 is 2.09 bits per heavy atom. The highest BCUT2D eigenvalue weighted by molar-refractivity contribution is 7.98. The van der Waals surface area contributed by atoms with Crippen molar-refractivity contribution in [3.05, 3.63) is 57.7 Å². The van der Waals surface area contributed by atoms with E-state index < -0.39 is 0 Å². The van der Waals surface area contributed by atoms with Crippen molar-refractivity contribution in [1.29, 1.82) is 0 Å². The van der Waals surface area contributed by atoms with Gasteiger partial charge in [-0.05, 0) is 48.1 Å². The molecule has 2 heterocycles. The molecular formula is C17H16N2O2S. The topological polar surface area (TPSA) is 48.0 Å². The van der Waals surface area contributed by atoms with Crippen LogP contribution >= 0.6 is 11.8 Å². The summed E-state index contributed by atoms with van der Waals surface area (Å²) in [6, 6.07) is 5.86. The van der Waals surface area contributed by atoms with Crippen molar-refractivity contribution < 1.29 is 4.42 Å². The molecule has 22 heavy (non-hydrogen) atoms. The smallest absolute Gasteiger partial charge is 0.336 e. The second-order valence-corrected chi connectivity index (χ2v) is 6.61. The molecule has 4 rings (SSSR count). The Morgan fingerprint density at radius 1 is 1.27 bits per heavy atom. The minimum Gasteiger partial charge on any atom is -0.423 e. The van der Waals surface area contributed by atoms with E-state index in [1.165, 1.54) is 17.5 Å². The number of imidazole rings is 1. The number of aryl methyl sites for hydroxylation is 3. The number of thioether (sulfide) groups is 1. The molecule has 0 N–H and O–H groups in total. The van der Waals surface area contributed by atoms with Gasteiger partial charge >= 0.3 is 5.63 Å². The molecule has 0 saturated heterocycles. The molecule has 0 bridgehead atoms. The standard InChI is InChI=1S/C17H16N2O2S/c1-19-6-5-18-17(19)22-10-13-9-16(20)21-15-8-12-4-2-3-11(12)7-14(13)15/h5-9H,2-4,10H2,1H3. The van der Waals surface area contributed by atoms with Gasteiger partial charge in [-0.15, -0.1) is 0 Å². The summed E-state index contributed by atoms with van der Waals surface area (Å²) < 4.78 is 7.38. The molecule has 0 atom stereocenters. The molecule has 0 amide bonds. The van der Waals surface area contributed by atoms with E-state index in [-0.39, 0.29) is 5.63 Å². The van der Waals surface area contributed by atoms with E-state index in [9.17, 15) is 4.79 Å². The lowest BCUT2D eigenvalue weighted by atomic mass is 10.0. The fourth-order valence-electron chi connectivity index (χ4n) is 3.05. The molecular weight excluding hydrogens is 296 g/mol. The fourth-order valence-corrected chi connectivity index (χ4v) is 3.97. The normalized spacial score (nSPS) is 13.7. The molecule has 112 valence electrons. The van der Waals surface area contributed by atoms with Crippen molar-refractivity contribution in [2.24, 2.45) is 7.05 Å². The van der Waals surface area contributed by atoms with Gasteiger partial charge in [-0.3, -0.25) is 0 Å². The Morgan fingerprint density at radius 3 is 2.86 bits per heavy atom. The van der Waals surface area contributed by atoms with Gasteiger partial charge in [-0.2, -0.15) is 0 Å². The Kier molecular flexibility index (Phi) is 3.30. The third-order valence-corrected chi connectivity index (χ3v) is 5.28. The quantitative estimate of drug-likeness (QED) is 0.550. The third kappa shape index (κ3) is 2.35. The van der Waals surface area contributed by atoms with Crippen LogP contribution in [-0.2, 0) is 25.6 Å². The average molecular weight is 312 g/mol. The zero-order chi connectivity index (χ0) is 15.1. The van der Waals surface area contributed by atoms with Crippen molar-refractivity contribution in [3.63, 3.8) is 0 Å². The predicted molar refractivity (Wildman–Crippen MR) is 87.3 cm³/mol. The lowest BCUT2D eigenvalue weighted by Crippen LogP contribution is -2.01. The number of hydrogen-bond donors (Lipinski definition) is 0. The maximum atomic E-state index is 11.8. The molecule has 3 aromatic rings. The van der Waals surface area contributed by atoms with E-state index >= 15 is 0 Å². The lowest BCUT2D eigenvalue weighted by Gasteiger charge is -2.08. The van der Waals surface area contributed by atoms with Gasteiger partial charge in [0.05, 0.1) is 0 Å². The maximum absolute atomic E-state index is 11.8. The van der Waals surface area contributed by atoms with Crippen molar-refractivity contribution in [2.75, 3.05) is 0 Å². The van der Waals surface area contributed by atoms with E-state index in [0.717, 1.165) is 28.9 Å². The molecule has 0 unspecified atom stereocenters. The van der Waals surface area contributed by atoms with Gasteiger partial charge in [-0.1, -0.05) is 11.8 Å². The summed E-state index contributed by atoms with van der Waals surface area (Å²) in [5.74, 6) is 0.714. The minimum atomic E-state index is -0.277. The Balaban J connectivity index is 1.76. The Labute approximate surface area is 132 Å². The molecule has 2 aromatic heterocycles. The molecule has 0 spiro atoms. The Bertz CT molecular complexity index is 911. The van der Waals surface area contributed by atoms with Crippen LogP contribution in [0.15, 0.2) is 45.0 Å². The SMILES string of the molecule is Cn1ccnc1SCc1cc(=O)oc2cc3c(cc12)CCC3. The summed E-state index contributed by atoms with van der Waals surface area (Å²) >= 11 is 1.63. The zero-order valence-corrected chi connectivity index (χ0v) is 13.2. The van der Waals surface area contributed by atoms with Crippen LogP contribution < -0.4 is 5.63 Å². The van der Waals surface area contributed by atoms with Gasteiger partial charge < -0.3 is 8.98 Å². The number of hydrogen-bond acceptors (Lipinski definition) is 4. The van der Waals surface area contributed by atoms with Crippen molar-refractivity contribution in [2.45, 2.75) is 30.2 Å². The van der Waals surface area contributed by atoms with Gasteiger partial charge in [0.15, 0.2) is 5.16 Å². The monoisotopic (exact) mass is 312 g/mol. The molecule has 0 aliphatic heterocycles. The summed E-state index contributed by atoms with van der Waals surface area (Å²) in [6.07, 6.45) is 7.10. The van der Waals surface area contributed by atoms with Gasteiger partial charge in [-0.25, -0.2) is 9.78 Å². The first kappa shape index (κ1) is 13.6. The van der Waals surface area contributed by atoms with E-state index in [4.69, 9.17) is 4.42 Å². The molecule has 1 aliphatic carbocycles. The van der Waals surface area contributed by atoms with Crippen LogP contribution in [0.5, 0.6) is 0 Å². The highest BCUT2D eigenvalue weighted by atomic mass is 32.2. The summed E-state index contributed by atoms with van der Waals surface area (Å²) in [4.78, 5) is 16.2. The van der Waals surface area contributed by atoms with Gasteiger partial charge in [0.25, 0.3) is 0 Å². The summed E-state index contributed by atoms with van der Waals surface area (Å²) in [6.45, 7) is 0. The van der Waals surface area contributed by atoms with E-state index in [2.05, 4.69) is 11.1 Å². The largest absolute Gasteiger partial charge is 0.423 e.